The van der Waals surface area contributed by atoms with Gasteiger partial charge in [0.2, 0.25) is 0 Å². The van der Waals surface area contributed by atoms with Gasteiger partial charge in [-0.15, -0.1) is 0 Å². The molecule has 0 aliphatic heterocycles. The monoisotopic (exact) mass is 302 g/mol. The fourth-order valence-electron chi connectivity index (χ4n) is 2.24. The average Bonchev–Trinajstić information content (AvgIpc) is 2.47. The minimum absolute atomic E-state index is 0.128. The van der Waals surface area contributed by atoms with Crippen LogP contribution in [0.1, 0.15) is 26.3 Å². The SMILES string of the molecule is O=C(O)c1cccc(-c2cccc(CCS)c2C(=O)O)c1. The maximum Gasteiger partial charge on any atom is 0.336 e. The summed E-state index contributed by atoms with van der Waals surface area (Å²) in [5.74, 6) is -1.53. The maximum atomic E-state index is 11.6. The van der Waals surface area contributed by atoms with Gasteiger partial charge in [-0.2, -0.15) is 12.6 Å². The van der Waals surface area contributed by atoms with Gasteiger partial charge >= 0.3 is 11.9 Å². The molecule has 2 N–H and O–H groups in total. The maximum absolute atomic E-state index is 11.6. The van der Waals surface area contributed by atoms with Gasteiger partial charge in [-0.3, -0.25) is 0 Å². The lowest BCUT2D eigenvalue weighted by Crippen LogP contribution is -2.06. The van der Waals surface area contributed by atoms with Crippen LogP contribution in [0.15, 0.2) is 42.5 Å². The van der Waals surface area contributed by atoms with Crippen LogP contribution >= 0.6 is 12.6 Å². The van der Waals surface area contributed by atoms with Crippen molar-refractivity contribution in [2.75, 3.05) is 5.75 Å². The Labute approximate surface area is 127 Å². The predicted molar refractivity (Wildman–Crippen MR) is 83.4 cm³/mol. The molecule has 0 radical (unpaired) electrons. The van der Waals surface area contributed by atoms with Crippen molar-refractivity contribution in [1.29, 1.82) is 0 Å². The first kappa shape index (κ1) is 15.1. The molecule has 0 aliphatic carbocycles. The minimum Gasteiger partial charge on any atom is -0.478 e. The molecule has 0 bridgehead atoms. The van der Waals surface area contributed by atoms with Gasteiger partial charge in [0.25, 0.3) is 0 Å². The number of carboxylic acid groups (broad SMARTS) is 2. The van der Waals surface area contributed by atoms with E-state index in [1.807, 2.05) is 0 Å². The summed E-state index contributed by atoms with van der Waals surface area (Å²) in [5.41, 5.74) is 2.12. The van der Waals surface area contributed by atoms with Gasteiger partial charge < -0.3 is 10.2 Å². The number of aryl methyl sites for hydroxylation is 1. The molecule has 5 heteroatoms. The predicted octanol–water partition coefficient (Wildman–Crippen LogP) is 3.22. The van der Waals surface area contributed by atoms with Crippen LogP contribution in [0, 0.1) is 0 Å². The number of carbonyl (C=O) groups is 2. The Bertz CT molecular complexity index is 694. The number of aromatic carboxylic acids is 2. The molecule has 108 valence electrons. The molecule has 0 fully saturated rings. The van der Waals surface area contributed by atoms with Gasteiger partial charge in [-0.1, -0.05) is 30.3 Å². The number of rotatable bonds is 5. The van der Waals surface area contributed by atoms with E-state index in [4.69, 9.17) is 5.11 Å². The molecule has 0 unspecified atom stereocenters. The molecular formula is C16H14O4S. The summed E-state index contributed by atoms with van der Waals surface area (Å²) in [6, 6.07) is 11.5. The Balaban J connectivity index is 2.63. The third kappa shape index (κ3) is 3.25. The van der Waals surface area contributed by atoms with Crippen molar-refractivity contribution in [3.63, 3.8) is 0 Å². The highest BCUT2D eigenvalue weighted by Crippen LogP contribution is 2.27. The lowest BCUT2D eigenvalue weighted by Gasteiger charge is -2.11. The molecule has 0 aromatic heterocycles. The van der Waals surface area contributed by atoms with Crippen molar-refractivity contribution in [2.45, 2.75) is 6.42 Å². The number of thiol groups is 1. The third-order valence-electron chi connectivity index (χ3n) is 3.17. The average molecular weight is 302 g/mol. The summed E-state index contributed by atoms with van der Waals surface area (Å²) in [6.45, 7) is 0. The van der Waals surface area contributed by atoms with Crippen molar-refractivity contribution in [3.8, 4) is 11.1 Å². The van der Waals surface area contributed by atoms with Crippen molar-refractivity contribution < 1.29 is 19.8 Å². The zero-order valence-electron chi connectivity index (χ0n) is 11.1. The van der Waals surface area contributed by atoms with Crippen molar-refractivity contribution >= 4 is 24.6 Å². The van der Waals surface area contributed by atoms with E-state index in [1.165, 1.54) is 12.1 Å². The Morgan fingerprint density at radius 1 is 1.00 bits per heavy atom. The van der Waals surface area contributed by atoms with Crippen LogP contribution in [0.25, 0.3) is 11.1 Å². The summed E-state index contributed by atoms with van der Waals surface area (Å²) in [4.78, 5) is 22.6. The summed E-state index contributed by atoms with van der Waals surface area (Å²) in [6.07, 6.45) is 0.539. The third-order valence-corrected chi connectivity index (χ3v) is 3.39. The number of hydrogen-bond acceptors (Lipinski definition) is 3. The van der Waals surface area contributed by atoms with Gasteiger partial charge in [0.05, 0.1) is 11.1 Å². The van der Waals surface area contributed by atoms with Gasteiger partial charge in [0.1, 0.15) is 0 Å². The Hall–Kier alpha value is -2.27. The van der Waals surface area contributed by atoms with Crippen LogP contribution in [0.5, 0.6) is 0 Å². The quantitative estimate of drug-likeness (QED) is 0.741. The molecule has 0 aliphatic rings. The Morgan fingerprint density at radius 3 is 2.33 bits per heavy atom. The topological polar surface area (TPSA) is 74.6 Å². The molecule has 0 atom stereocenters. The lowest BCUT2D eigenvalue weighted by molar-refractivity contribution is 0.0686. The molecule has 21 heavy (non-hydrogen) atoms. The second-order valence-corrected chi connectivity index (χ2v) is 4.95. The van der Waals surface area contributed by atoms with Crippen LogP contribution < -0.4 is 0 Å². The molecule has 0 saturated carbocycles. The molecule has 0 spiro atoms. The van der Waals surface area contributed by atoms with E-state index in [1.54, 1.807) is 30.3 Å². The van der Waals surface area contributed by atoms with Gasteiger partial charge in [-0.05, 0) is 41.0 Å². The fourth-order valence-corrected chi connectivity index (χ4v) is 2.48. The zero-order valence-corrected chi connectivity index (χ0v) is 12.0. The van der Waals surface area contributed by atoms with E-state index in [-0.39, 0.29) is 11.1 Å². The minimum atomic E-state index is -1.04. The molecule has 2 rings (SSSR count). The van der Waals surface area contributed by atoms with Crippen LogP contribution in [-0.4, -0.2) is 27.9 Å². The summed E-state index contributed by atoms with van der Waals surface area (Å²) in [7, 11) is 0. The van der Waals surface area contributed by atoms with E-state index in [0.29, 0.717) is 28.9 Å². The Kier molecular flexibility index (Phi) is 4.65. The van der Waals surface area contributed by atoms with Crippen LogP contribution in [0.4, 0.5) is 0 Å². The largest absolute Gasteiger partial charge is 0.478 e. The molecule has 4 nitrogen and oxygen atoms in total. The Morgan fingerprint density at radius 2 is 1.71 bits per heavy atom. The van der Waals surface area contributed by atoms with E-state index in [2.05, 4.69) is 12.6 Å². The zero-order chi connectivity index (χ0) is 15.4. The number of hydrogen-bond donors (Lipinski definition) is 3. The van der Waals surface area contributed by atoms with E-state index in [9.17, 15) is 14.7 Å². The van der Waals surface area contributed by atoms with Crippen LogP contribution in [0.2, 0.25) is 0 Å². The molecule has 2 aromatic carbocycles. The smallest absolute Gasteiger partial charge is 0.336 e. The van der Waals surface area contributed by atoms with Crippen molar-refractivity contribution in [3.05, 3.63) is 59.2 Å². The van der Waals surface area contributed by atoms with Gasteiger partial charge in [-0.25, -0.2) is 9.59 Å². The number of carboxylic acids is 2. The molecule has 0 amide bonds. The second-order valence-electron chi connectivity index (χ2n) is 4.50. The lowest BCUT2D eigenvalue weighted by atomic mass is 9.93. The van der Waals surface area contributed by atoms with Gasteiger partial charge in [0.15, 0.2) is 0 Å². The fraction of sp³-hybridized carbons (Fsp3) is 0.125. The first-order valence-corrected chi connectivity index (χ1v) is 6.97. The number of benzene rings is 2. The second kappa shape index (κ2) is 6.45. The molecule has 2 aromatic rings. The van der Waals surface area contributed by atoms with E-state index >= 15 is 0 Å². The van der Waals surface area contributed by atoms with Crippen molar-refractivity contribution in [1.82, 2.24) is 0 Å². The molecule has 0 saturated heterocycles. The highest BCUT2D eigenvalue weighted by Gasteiger charge is 2.17. The first-order valence-electron chi connectivity index (χ1n) is 6.34. The van der Waals surface area contributed by atoms with Crippen LogP contribution in [0.3, 0.4) is 0 Å². The highest BCUT2D eigenvalue weighted by molar-refractivity contribution is 7.80. The normalized spacial score (nSPS) is 10.3. The standard InChI is InChI=1S/C16H14O4S/c17-15(18)12-5-1-4-11(9-12)13-6-2-3-10(7-8-21)14(13)16(19)20/h1-6,9,21H,7-8H2,(H,17,18)(H,19,20). The van der Waals surface area contributed by atoms with Gasteiger partial charge in [0, 0.05) is 0 Å². The first-order chi connectivity index (χ1) is 10.0. The van der Waals surface area contributed by atoms with Crippen LogP contribution in [-0.2, 0) is 6.42 Å². The molecular weight excluding hydrogens is 288 g/mol. The van der Waals surface area contributed by atoms with Crippen molar-refractivity contribution in [2.24, 2.45) is 0 Å². The summed E-state index contributed by atoms with van der Waals surface area (Å²) < 4.78 is 0. The summed E-state index contributed by atoms with van der Waals surface area (Å²) in [5, 5.41) is 18.5. The van der Waals surface area contributed by atoms with E-state index in [0.717, 1.165) is 0 Å². The molecule has 0 heterocycles. The summed E-state index contributed by atoms with van der Waals surface area (Å²) >= 11 is 4.14. The highest BCUT2D eigenvalue weighted by atomic mass is 32.1. The van der Waals surface area contributed by atoms with E-state index < -0.39 is 11.9 Å².